The van der Waals surface area contributed by atoms with Crippen LogP contribution in [0.2, 0.25) is 5.02 Å². The van der Waals surface area contributed by atoms with Gasteiger partial charge < -0.3 is 15.8 Å². The maximum absolute atomic E-state index is 11.9. The molecule has 2 atom stereocenters. The van der Waals surface area contributed by atoms with Crippen molar-refractivity contribution in [3.05, 3.63) is 27.7 Å². The third kappa shape index (κ3) is 5.33. The molecule has 3 N–H and O–H groups in total. The lowest BCUT2D eigenvalue weighted by Crippen LogP contribution is -2.42. The first kappa shape index (κ1) is 18.6. The van der Waals surface area contributed by atoms with E-state index < -0.39 is 0 Å². The van der Waals surface area contributed by atoms with Crippen LogP contribution < -0.4 is 15.8 Å². The Hall–Kier alpha value is -0.490. The van der Waals surface area contributed by atoms with Gasteiger partial charge >= 0.3 is 0 Å². The van der Waals surface area contributed by atoms with Gasteiger partial charge in [0.1, 0.15) is 5.75 Å². The van der Waals surface area contributed by atoms with Gasteiger partial charge in [0.2, 0.25) is 0 Å². The molecular weight excluding hydrogens is 379 g/mol. The van der Waals surface area contributed by atoms with Crippen LogP contribution in [0.3, 0.4) is 0 Å². The summed E-state index contributed by atoms with van der Waals surface area (Å²) < 4.78 is 6.31. The Bertz CT molecular complexity index is 488. The topological polar surface area (TPSA) is 64.3 Å². The molecule has 0 saturated heterocycles. The summed E-state index contributed by atoms with van der Waals surface area (Å²) in [6.07, 6.45) is 3.19. The number of amides is 1. The van der Waals surface area contributed by atoms with E-state index >= 15 is 0 Å². The van der Waals surface area contributed by atoms with E-state index in [1.165, 1.54) is 0 Å². The van der Waals surface area contributed by atoms with Crippen molar-refractivity contribution in [1.29, 1.82) is 0 Å². The monoisotopic (exact) mass is 396 g/mol. The Morgan fingerprint density at radius 2 is 2.24 bits per heavy atom. The van der Waals surface area contributed by atoms with Gasteiger partial charge in [-0.05, 0) is 43.5 Å². The molecule has 1 saturated carbocycles. The molecule has 1 aromatic carbocycles. The van der Waals surface area contributed by atoms with E-state index in [0.717, 1.165) is 23.7 Å². The molecule has 7 heteroatoms. The maximum Gasteiger partial charge on any atom is 0.258 e. The Morgan fingerprint density at radius 1 is 1.48 bits per heavy atom. The molecule has 2 rings (SSSR count). The van der Waals surface area contributed by atoms with Crippen LogP contribution in [-0.2, 0) is 4.79 Å². The predicted octanol–water partition coefficient (Wildman–Crippen LogP) is 3.15. The van der Waals surface area contributed by atoms with Gasteiger partial charge in [0.05, 0.1) is 5.02 Å². The number of halogens is 3. The fourth-order valence-corrected chi connectivity index (χ4v) is 3.22. The van der Waals surface area contributed by atoms with E-state index in [2.05, 4.69) is 21.2 Å². The van der Waals surface area contributed by atoms with Crippen molar-refractivity contribution < 1.29 is 9.53 Å². The molecule has 0 spiro atoms. The van der Waals surface area contributed by atoms with Gasteiger partial charge in [0, 0.05) is 10.5 Å². The van der Waals surface area contributed by atoms with Crippen molar-refractivity contribution in [1.82, 2.24) is 5.32 Å². The standard InChI is InChI=1S/C14H18BrClN2O2.ClH/c15-10-4-5-13(11(16)6-10)20-8-14(19)18-12-3-1-2-9(12)7-17;/h4-6,9,12H,1-3,7-8,17H2,(H,18,19);1H. The molecule has 0 aromatic heterocycles. The fourth-order valence-electron chi connectivity index (χ4n) is 2.49. The van der Waals surface area contributed by atoms with E-state index in [0.29, 0.717) is 23.2 Å². The van der Waals surface area contributed by atoms with Crippen LogP contribution in [0.5, 0.6) is 5.75 Å². The van der Waals surface area contributed by atoms with Gasteiger partial charge in [-0.15, -0.1) is 12.4 Å². The van der Waals surface area contributed by atoms with Gasteiger partial charge in [-0.1, -0.05) is 34.0 Å². The molecule has 1 amide bonds. The minimum atomic E-state index is -0.130. The SMILES string of the molecule is Cl.NCC1CCCC1NC(=O)COc1ccc(Br)cc1Cl. The van der Waals surface area contributed by atoms with Gasteiger partial charge in [0.25, 0.3) is 5.91 Å². The van der Waals surface area contributed by atoms with Crippen molar-refractivity contribution in [2.45, 2.75) is 25.3 Å². The number of carbonyl (C=O) groups is 1. The second-order valence-electron chi connectivity index (χ2n) is 4.96. The smallest absolute Gasteiger partial charge is 0.258 e. The summed E-state index contributed by atoms with van der Waals surface area (Å²) in [6, 6.07) is 5.46. The molecule has 2 unspecified atom stereocenters. The zero-order valence-electron chi connectivity index (χ0n) is 11.5. The summed E-state index contributed by atoms with van der Waals surface area (Å²) >= 11 is 9.34. The number of hydrogen-bond donors (Lipinski definition) is 2. The molecule has 0 bridgehead atoms. The fraction of sp³-hybridized carbons (Fsp3) is 0.500. The molecule has 1 fully saturated rings. The second-order valence-corrected chi connectivity index (χ2v) is 6.29. The Balaban J connectivity index is 0.00000220. The molecule has 0 aliphatic heterocycles. The maximum atomic E-state index is 11.9. The molecule has 118 valence electrons. The van der Waals surface area contributed by atoms with Gasteiger partial charge in [-0.3, -0.25) is 4.79 Å². The molecular formula is C14H19BrCl2N2O2. The van der Waals surface area contributed by atoms with E-state index in [9.17, 15) is 4.79 Å². The van der Waals surface area contributed by atoms with E-state index in [-0.39, 0.29) is 31.0 Å². The zero-order chi connectivity index (χ0) is 14.5. The van der Waals surface area contributed by atoms with Gasteiger partial charge in [-0.25, -0.2) is 0 Å². The molecule has 1 aliphatic rings. The molecule has 4 nitrogen and oxygen atoms in total. The summed E-state index contributed by atoms with van der Waals surface area (Å²) in [4.78, 5) is 11.9. The normalized spacial score (nSPS) is 20.7. The van der Waals surface area contributed by atoms with Crippen LogP contribution in [0.15, 0.2) is 22.7 Å². The van der Waals surface area contributed by atoms with Crippen molar-refractivity contribution in [3.8, 4) is 5.75 Å². The van der Waals surface area contributed by atoms with E-state index in [1.807, 2.05) is 6.07 Å². The van der Waals surface area contributed by atoms with Crippen LogP contribution in [0.1, 0.15) is 19.3 Å². The van der Waals surface area contributed by atoms with Gasteiger partial charge in [0.15, 0.2) is 6.61 Å². The number of benzene rings is 1. The van der Waals surface area contributed by atoms with E-state index in [4.69, 9.17) is 22.1 Å². The number of nitrogens with two attached hydrogens (primary N) is 1. The number of ether oxygens (including phenoxy) is 1. The number of hydrogen-bond acceptors (Lipinski definition) is 3. The van der Waals surface area contributed by atoms with Crippen LogP contribution in [-0.4, -0.2) is 25.1 Å². The Morgan fingerprint density at radius 3 is 2.90 bits per heavy atom. The predicted molar refractivity (Wildman–Crippen MR) is 90.2 cm³/mol. The van der Waals surface area contributed by atoms with Crippen LogP contribution >= 0.6 is 39.9 Å². The first-order valence-electron chi connectivity index (χ1n) is 6.67. The zero-order valence-corrected chi connectivity index (χ0v) is 14.6. The third-order valence-corrected chi connectivity index (χ3v) is 4.35. The second kappa shape index (κ2) is 8.83. The summed E-state index contributed by atoms with van der Waals surface area (Å²) in [6.45, 7) is 0.583. The average molecular weight is 398 g/mol. The highest BCUT2D eigenvalue weighted by molar-refractivity contribution is 9.10. The highest BCUT2D eigenvalue weighted by Gasteiger charge is 2.27. The number of rotatable bonds is 5. The molecule has 1 aromatic rings. The summed E-state index contributed by atoms with van der Waals surface area (Å²) in [5.41, 5.74) is 5.69. The lowest BCUT2D eigenvalue weighted by Gasteiger charge is -2.19. The van der Waals surface area contributed by atoms with Crippen molar-refractivity contribution in [3.63, 3.8) is 0 Å². The number of nitrogens with one attached hydrogen (secondary N) is 1. The average Bonchev–Trinajstić information content (AvgIpc) is 2.85. The molecule has 21 heavy (non-hydrogen) atoms. The Labute approximate surface area is 144 Å². The summed E-state index contributed by atoms with van der Waals surface area (Å²) in [5, 5.41) is 3.46. The largest absolute Gasteiger partial charge is 0.482 e. The van der Waals surface area contributed by atoms with Gasteiger partial charge in [-0.2, -0.15) is 0 Å². The lowest BCUT2D eigenvalue weighted by molar-refractivity contribution is -0.124. The minimum absolute atomic E-state index is 0. The molecule has 1 aliphatic carbocycles. The quantitative estimate of drug-likeness (QED) is 0.801. The van der Waals surface area contributed by atoms with Crippen LogP contribution in [0.25, 0.3) is 0 Å². The van der Waals surface area contributed by atoms with Crippen LogP contribution in [0.4, 0.5) is 0 Å². The summed E-state index contributed by atoms with van der Waals surface area (Å²) in [7, 11) is 0. The Kier molecular flexibility index (Phi) is 7.81. The highest BCUT2D eigenvalue weighted by atomic mass is 79.9. The number of carbonyl (C=O) groups excluding carboxylic acids is 1. The van der Waals surface area contributed by atoms with Crippen molar-refractivity contribution in [2.24, 2.45) is 11.7 Å². The van der Waals surface area contributed by atoms with E-state index in [1.54, 1.807) is 12.1 Å². The molecule has 0 heterocycles. The van der Waals surface area contributed by atoms with Crippen LogP contribution in [0, 0.1) is 5.92 Å². The van der Waals surface area contributed by atoms with Crippen molar-refractivity contribution in [2.75, 3.05) is 13.2 Å². The first-order valence-corrected chi connectivity index (χ1v) is 7.84. The summed E-state index contributed by atoms with van der Waals surface area (Å²) in [5.74, 6) is 0.761. The third-order valence-electron chi connectivity index (χ3n) is 3.56. The van der Waals surface area contributed by atoms with Crippen molar-refractivity contribution >= 4 is 45.8 Å². The molecule has 0 radical (unpaired) electrons. The minimum Gasteiger partial charge on any atom is -0.482 e. The lowest BCUT2D eigenvalue weighted by atomic mass is 10.0. The first-order chi connectivity index (χ1) is 9.60. The highest BCUT2D eigenvalue weighted by Crippen LogP contribution is 2.28.